The standard InChI is InChI=1S/C42H40O25/c43-16-6-1-14(2-7-16)3-10-23(47)62-36-31(63-40-29(52)25(48)26(49)32(64-40)37(54)55)30(53)34(39(58)59)66-42(36)67-35-28(51)27(50)33(38(56)57)65-41(35)60-18-11-19(45)24-20(46)13-21(61-22(24)12-18)15-4-8-17(44)9-5-15/h1-13,25-36,40-45,48-53H,(H,54,55)(H,56,57)(H,58,59)/b10-3+. The third kappa shape index (κ3) is 10.2. The number of hydrogen-bond donors (Lipinski definition) is 12. The molecule has 15 unspecified atom stereocenters. The van der Waals surface area contributed by atoms with Crippen molar-refractivity contribution in [2.45, 2.75) is 92.1 Å². The number of aliphatic hydroxyl groups is 6. The Bertz CT molecular complexity index is 2560. The molecule has 25 nitrogen and oxygen atoms in total. The predicted octanol–water partition coefficient (Wildman–Crippen LogP) is -2.05. The first-order valence-corrected chi connectivity index (χ1v) is 19.7. The zero-order valence-electron chi connectivity index (χ0n) is 33.8. The lowest BCUT2D eigenvalue weighted by Crippen LogP contribution is -2.68. The minimum atomic E-state index is -2.47. The minimum Gasteiger partial charge on any atom is -0.508 e. The highest BCUT2D eigenvalue weighted by Crippen LogP contribution is 2.37. The highest BCUT2D eigenvalue weighted by molar-refractivity contribution is 5.87. The van der Waals surface area contributed by atoms with E-state index in [1.165, 1.54) is 48.5 Å². The molecule has 3 saturated heterocycles. The average molecular weight is 945 g/mol. The molecule has 3 aliphatic heterocycles. The van der Waals surface area contributed by atoms with Crippen molar-refractivity contribution in [2.24, 2.45) is 0 Å². The molecule has 3 fully saturated rings. The number of esters is 1. The first kappa shape index (κ1) is 48.2. The Labute approximate surface area is 373 Å². The van der Waals surface area contributed by atoms with Crippen LogP contribution in [0.25, 0.3) is 28.4 Å². The number of rotatable bonds is 13. The van der Waals surface area contributed by atoms with Crippen molar-refractivity contribution in [3.8, 4) is 34.3 Å². The molecular formula is C42H40O25. The minimum absolute atomic E-state index is 0.0520. The lowest BCUT2D eigenvalue weighted by atomic mass is 9.95. The summed E-state index contributed by atoms with van der Waals surface area (Å²) in [5.74, 6) is -8.55. The van der Waals surface area contributed by atoms with Crippen molar-refractivity contribution in [2.75, 3.05) is 0 Å². The lowest BCUT2D eigenvalue weighted by molar-refractivity contribution is -0.373. The predicted molar refractivity (Wildman–Crippen MR) is 214 cm³/mol. The molecule has 67 heavy (non-hydrogen) atoms. The number of carboxylic acids is 3. The van der Waals surface area contributed by atoms with E-state index in [4.69, 9.17) is 37.6 Å². The zero-order chi connectivity index (χ0) is 48.6. The Morgan fingerprint density at radius 1 is 0.567 bits per heavy atom. The van der Waals surface area contributed by atoms with Crippen molar-refractivity contribution >= 4 is 40.9 Å². The summed E-state index contributed by atoms with van der Waals surface area (Å²) in [5.41, 5.74) is -0.459. The summed E-state index contributed by atoms with van der Waals surface area (Å²) in [7, 11) is 0. The molecule has 3 aliphatic rings. The molecular weight excluding hydrogens is 904 g/mol. The Hall–Kier alpha value is -6.75. The molecule has 4 heterocycles. The van der Waals surface area contributed by atoms with Gasteiger partial charge in [-0.2, -0.15) is 0 Å². The number of phenols is 3. The van der Waals surface area contributed by atoms with Crippen LogP contribution in [0.1, 0.15) is 5.56 Å². The second kappa shape index (κ2) is 19.6. The first-order valence-electron chi connectivity index (χ1n) is 19.7. The van der Waals surface area contributed by atoms with Gasteiger partial charge in [-0.25, -0.2) is 19.2 Å². The summed E-state index contributed by atoms with van der Waals surface area (Å²) >= 11 is 0. The molecule has 3 aromatic carbocycles. The Morgan fingerprint density at radius 3 is 1.72 bits per heavy atom. The smallest absolute Gasteiger partial charge is 0.335 e. The summed E-state index contributed by atoms with van der Waals surface area (Å²) in [6.07, 6.45) is -33.2. The van der Waals surface area contributed by atoms with Crippen LogP contribution in [0.2, 0.25) is 0 Å². The van der Waals surface area contributed by atoms with Gasteiger partial charge < -0.3 is 98.9 Å². The second-order valence-corrected chi connectivity index (χ2v) is 15.2. The van der Waals surface area contributed by atoms with E-state index in [0.29, 0.717) is 11.1 Å². The number of carbonyl (C=O) groups is 4. The number of fused-ring (bicyclic) bond motifs is 1. The van der Waals surface area contributed by atoms with Crippen molar-refractivity contribution in [1.82, 2.24) is 0 Å². The Kier molecular flexibility index (Phi) is 14.1. The normalized spacial score (nSPS) is 32.1. The molecule has 0 amide bonds. The number of benzene rings is 3. The van der Waals surface area contributed by atoms with Gasteiger partial charge in [0.2, 0.25) is 6.29 Å². The number of aliphatic carboxylic acids is 3. The zero-order valence-corrected chi connectivity index (χ0v) is 33.8. The van der Waals surface area contributed by atoms with Gasteiger partial charge in [-0.05, 0) is 48.0 Å². The van der Waals surface area contributed by atoms with E-state index in [9.17, 15) is 85.3 Å². The number of carbonyl (C=O) groups excluding carboxylic acids is 1. The monoisotopic (exact) mass is 944 g/mol. The molecule has 25 heteroatoms. The number of carboxylic acid groups (broad SMARTS) is 3. The molecule has 0 aliphatic carbocycles. The van der Waals surface area contributed by atoms with Crippen LogP contribution in [0.3, 0.4) is 0 Å². The van der Waals surface area contributed by atoms with Gasteiger partial charge in [0.25, 0.3) is 0 Å². The molecule has 0 radical (unpaired) electrons. The fraction of sp³-hybridized carbons (Fsp3) is 0.357. The summed E-state index contributed by atoms with van der Waals surface area (Å²) < 4.78 is 44.9. The number of ether oxygens (including phenoxy) is 7. The van der Waals surface area contributed by atoms with E-state index in [2.05, 4.69) is 0 Å². The molecule has 358 valence electrons. The highest BCUT2D eigenvalue weighted by Gasteiger charge is 2.58. The number of phenolic OH excluding ortho intramolecular Hbond substituents is 3. The van der Waals surface area contributed by atoms with Crippen LogP contribution in [0, 0.1) is 0 Å². The van der Waals surface area contributed by atoms with Crippen LogP contribution < -0.4 is 10.2 Å². The van der Waals surface area contributed by atoms with Crippen molar-refractivity contribution in [3.05, 3.63) is 88.6 Å². The van der Waals surface area contributed by atoms with Crippen LogP contribution in [-0.2, 0) is 47.6 Å². The quantitative estimate of drug-likeness (QED) is 0.0507. The maximum Gasteiger partial charge on any atom is 0.335 e. The molecule has 0 saturated carbocycles. The molecule has 0 spiro atoms. The van der Waals surface area contributed by atoms with Gasteiger partial charge in [-0.1, -0.05) is 12.1 Å². The van der Waals surface area contributed by atoms with Crippen molar-refractivity contribution < 1.29 is 118 Å². The molecule has 1 aromatic heterocycles. The van der Waals surface area contributed by atoms with E-state index >= 15 is 0 Å². The first-order chi connectivity index (χ1) is 31.7. The molecule has 0 bridgehead atoms. The lowest BCUT2D eigenvalue weighted by Gasteiger charge is -2.47. The van der Waals surface area contributed by atoms with Crippen LogP contribution >= 0.6 is 0 Å². The third-order valence-corrected chi connectivity index (χ3v) is 10.7. The van der Waals surface area contributed by atoms with Gasteiger partial charge in [0.1, 0.15) is 82.5 Å². The highest BCUT2D eigenvalue weighted by atomic mass is 16.8. The molecule has 7 rings (SSSR count). The van der Waals surface area contributed by atoms with Crippen molar-refractivity contribution in [3.63, 3.8) is 0 Å². The third-order valence-electron chi connectivity index (χ3n) is 10.7. The van der Waals surface area contributed by atoms with Crippen LogP contribution in [0.15, 0.2) is 82.0 Å². The van der Waals surface area contributed by atoms with Gasteiger partial charge in [-0.15, -0.1) is 0 Å². The van der Waals surface area contributed by atoms with Gasteiger partial charge >= 0.3 is 23.9 Å². The van der Waals surface area contributed by atoms with Crippen LogP contribution in [-0.4, -0.2) is 177 Å². The number of aliphatic hydroxyl groups excluding tert-OH is 6. The summed E-state index contributed by atoms with van der Waals surface area (Å²) in [4.78, 5) is 63.2. The van der Waals surface area contributed by atoms with Gasteiger partial charge in [0.15, 0.2) is 48.5 Å². The van der Waals surface area contributed by atoms with Gasteiger partial charge in [-0.3, -0.25) is 4.79 Å². The van der Waals surface area contributed by atoms with E-state index in [0.717, 1.165) is 30.4 Å². The average Bonchev–Trinajstić information content (AvgIpc) is 3.27. The largest absolute Gasteiger partial charge is 0.508 e. The molecule has 4 aromatic rings. The fourth-order valence-electron chi connectivity index (χ4n) is 7.31. The maximum atomic E-state index is 13.5. The molecule has 12 N–H and O–H groups in total. The molecule has 15 atom stereocenters. The summed E-state index contributed by atoms with van der Waals surface area (Å²) in [5, 5.41) is 125. The maximum absolute atomic E-state index is 13.5. The topological polar surface area (TPSA) is 406 Å². The fourth-order valence-corrected chi connectivity index (χ4v) is 7.31. The summed E-state index contributed by atoms with van der Waals surface area (Å²) in [6.45, 7) is 0. The second-order valence-electron chi connectivity index (χ2n) is 15.2. The number of aromatic hydroxyl groups is 3. The van der Waals surface area contributed by atoms with Crippen LogP contribution in [0.5, 0.6) is 23.0 Å². The van der Waals surface area contributed by atoms with Gasteiger partial charge in [0, 0.05) is 29.8 Å². The van der Waals surface area contributed by atoms with Crippen LogP contribution in [0.4, 0.5) is 0 Å². The van der Waals surface area contributed by atoms with Gasteiger partial charge in [0.05, 0.1) is 0 Å². The van der Waals surface area contributed by atoms with E-state index in [1.54, 1.807) is 0 Å². The Morgan fingerprint density at radius 2 is 1.10 bits per heavy atom. The number of hydrogen-bond acceptors (Lipinski definition) is 22. The summed E-state index contributed by atoms with van der Waals surface area (Å²) in [6, 6.07) is 13.6. The van der Waals surface area contributed by atoms with Crippen molar-refractivity contribution in [1.29, 1.82) is 0 Å². The van der Waals surface area contributed by atoms with E-state index in [1.807, 2.05) is 0 Å². The van der Waals surface area contributed by atoms with E-state index in [-0.39, 0.29) is 28.2 Å². The Balaban J connectivity index is 1.27. The SMILES string of the molecule is O=C(/C=C/c1ccc(O)cc1)OC1C(OC2C(Oc3cc(O)c4c(=O)cc(-c5ccc(O)cc5)oc4c3)OC(C(=O)O)C(O)C2O)OC(C(=O)O)C(O)C1OC1OC(C(=O)O)C(O)C(O)C1O. The van der Waals surface area contributed by atoms with E-state index < -0.39 is 133 Å².